The minimum Gasteiger partial charge on any atom is -0.507 e. The van der Waals surface area contributed by atoms with Gasteiger partial charge in [-0.05, 0) is 67.9 Å². The number of amides is 1. The highest BCUT2D eigenvalue weighted by molar-refractivity contribution is 6.51. The quantitative estimate of drug-likeness (QED) is 0.342. The highest BCUT2D eigenvalue weighted by atomic mass is 16.5. The summed E-state index contributed by atoms with van der Waals surface area (Å²) in [7, 11) is 1.54. The van der Waals surface area contributed by atoms with Crippen molar-refractivity contribution >= 4 is 23.1 Å². The maximum absolute atomic E-state index is 13.2. The Labute approximate surface area is 191 Å². The molecule has 1 aliphatic heterocycles. The maximum atomic E-state index is 13.2. The fourth-order valence-electron chi connectivity index (χ4n) is 3.85. The van der Waals surface area contributed by atoms with Crippen LogP contribution in [0.3, 0.4) is 0 Å². The second-order valence-corrected chi connectivity index (χ2v) is 7.84. The van der Waals surface area contributed by atoms with Crippen LogP contribution >= 0.6 is 0 Å². The fourth-order valence-corrected chi connectivity index (χ4v) is 3.85. The third-order valence-corrected chi connectivity index (χ3v) is 5.29. The van der Waals surface area contributed by atoms with Gasteiger partial charge in [0.15, 0.2) is 0 Å². The zero-order valence-corrected chi connectivity index (χ0v) is 18.6. The van der Waals surface area contributed by atoms with Crippen molar-refractivity contribution in [1.82, 2.24) is 4.98 Å². The monoisotopic (exact) mass is 444 g/mol. The Morgan fingerprint density at radius 2 is 1.70 bits per heavy atom. The van der Waals surface area contributed by atoms with Crippen LogP contribution in [0.25, 0.3) is 5.76 Å². The minimum atomic E-state index is -0.842. The van der Waals surface area contributed by atoms with Crippen LogP contribution in [-0.4, -0.2) is 35.0 Å². The average molecular weight is 444 g/mol. The van der Waals surface area contributed by atoms with Crippen LogP contribution in [0.5, 0.6) is 11.5 Å². The lowest BCUT2D eigenvalue weighted by Gasteiger charge is -2.26. The molecule has 1 aromatic heterocycles. The smallest absolute Gasteiger partial charge is 0.300 e. The zero-order chi connectivity index (χ0) is 23.5. The molecule has 1 atom stereocenters. The molecular weight excluding hydrogens is 420 g/mol. The van der Waals surface area contributed by atoms with Crippen molar-refractivity contribution < 1.29 is 24.2 Å². The molecule has 7 heteroatoms. The normalized spacial score (nSPS) is 17.5. The number of ether oxygens (including phenoxy) is 2. The SMILES string of the molecule is COc1cccc(C2/C(=C(/O)c3ccncc3)C(=O)C(=O)N2c2ccc(OC(C)C)cc2)c1. The molecule has 0 saturated carbocycles. The van der Waals surface area contributed by atoms with Crippen LogP contribution < -0.4 is 14.4 Å². The molecule has 2 heterocycles. The summed E-state index contributed by atoms with van der Waals surface area (Å²) in [6.07, 6.45) is 3.03. The molecule has 168 valence electrons. The molecule has 0 spiro atoms. The van der Waals surface area contributed by atoms with Crippen LogP contribution in [0.1, 0.15) is 31.0 Å². The molecule has 33 heavy (non-hydrogen) atoms. The van der Waals surface area contributed by atoms with Gasteiger partial charge < -0.3 is 14.6 Å². The summed E-state index contributed by atoms with van der Waals surface area (Å²) in [4.78, 5) is 31.7. The summed E-state index contributed by atoms with van der Waals surface area (Å²) in [5, 5.41) is 11.1. The van der Waals surface area contributed by atoms with Crippen LogP contribution in [0.2, 0.25) is 0 Å². The first kappa shape index (κ1) is 22.1. The molecule has 3 aromatic rings. The summed E-state index contributed by atoms with van der Waals surface area (Å²) in [5.74, 6) is -0.524. The standard InChI is InChI=1S/C26H24N2O5/c1-16(2)33-20-9-7-19(8-10-20)28-23(18-5-4-6-21(15-18)32-3)22(25(30)26(28)31)24(29)17-11-13-27-14-12-17/h4-16,23,29H,1-3H3/b24-22-. The van der Waals surface area contributed by atoms with Gasteiger partial charge in [0, 0.05) is 23.6 Å². The summed E-state index contributed by atoms with van der Waals surface area (Å²) in [6, 6.07) is 16.4. The Bertz CT molecular complexity index is 1200. The van der Waals surface area contributed by atoms with Gasteiger partial charge in [-0.1, -0.05) is 12.1 Å². The number of rotatable bonds is 6. The van der Waals surface area contributed by atoms with Gasteiger partial charge in [0.2, 0.25) is 0 Å². The molecule has 1 amide bonds. The molecule has 1 aliphatic rings. The predicted octanol–water partition coefficient (Wildman–Crippen LogP) is 4.50. The first-order chi connectivity index (χ1) is 15.9. The highest BCUT2D eigenvalue weighted by Crippen LogP contribution is 2.43. The number of anilines is 1. The van der Waals surface area contributed by atoms with Crippen molar-refractivity contribution in [3.8, 4) is 11.5 Å². The number of methoxy groups -OCH3 is 1. The largest absolute Gasteiger partial charge is 0.507 e. The van der Waals surface area contributed by atoms with E-state index in [0.717, 1.165) is 0 Å². The van der Waals surface area contributed by atoms with E-state index in [1.54, 1.807) is 67.8 Å². The van der Waals surface area contributed by atoms with Crippen molar-refractivity contribution in [1.29, 1.82) is 0 Å². The number of hydrogen-bond acceptors (Lipinski definition) is 6. The van der Waals surface area contributed by atoms with E-state index in [9.17, 15) is 14.7 Å². The van der Waals surface area contributed by atoms with Gasteiger partial charge in [0.05, 0.1) is 24.8 Å². The molecule has 4 rings (SSSR count). The van der Waals surface area contributed by atoms with Crippen molar-refractivity contribution in [2.75, 3.05) is 12.0 Å². The van der Waals surface area contributed by atoms with E-state index in [-0.39, 0.29) is 17.4 Å². The van der Waals surface area contributed by atoms with Gasteiger partial charge in [-0.15, -0.1) is 0 Å². The third-order valence-electron chi connectivity index (χ3n) is 5.29. The molecule has 0 radical (unpaired) electrons. The number of hydrogen-bond donors (Lipinski definition) is 1. The number of carbonyl (C=O) groups is 2. The highest BCUT2D eigenvalue weighted by Gasteiger charge is 2.47. The number of Topliss-reactive ketones (excluding diaryl/α,β-unsaturated/α-hetero) is 1. The fraction of sp³-hybridized carbons (Fsp3) is 0.192. The van der Waals surface area contributed by atoms with Gasteiger partial charge in [-0.2, -0.15) is 0 Å². The first-order valence-electron chi connectivity index (χ1n) is 10.5. The molecule has 0 aliphatic carbocycles. The molecular formula is C26H24N2O5. The van der Waals surface area contributed by atoms with Gasteiger partial charge >= 0.3 is 0 Å². The van der Waals surface area contributed by atoms with Gasteiger partial charge in [-0.3, -0.25) is 19.5 Å². The third kappa shape index (κ3) is 4.30. The van der Waals surface area contributed by atoms with E-state index < -0.39 is 17.7 Å². The molecule has 7 nitrogen and oxygen atoms in total. The molecule has 1 saturated heterocycles. The summed E-state index contributed by atoms with van der Waals surface area (Å²) in [5.41, 5.74) is 1.54. The number of aromatic nitrogens is 1. The topological polar surface area (TPSA) is 89.0 Å². The lowest BCUT2D eigenvalue weighted by Crippen LogP contribution is -2.29. The number of pyridine rings is 1. The van der Waals surface area contributed by atoms with E-state index in [1.165, 1.54) is 17.3 Å². The van der Waals surface area contributed by atoms with Crippen LogP contribution in [0.15, 0.2) is 78.6 Å². The summed E-state index contributed by atoms with van der Waals surface area (Å²) in [6.45, 7) is 3.85. The van der Waals surface area contributed by atoms with Crippen molar-refractivity contribution in [2.45, 2.75) is 26.0 Å². The Balaban J connectivity index is 1.88. The number of aliphatic hydroxyl groups excluding tert-OH is 1. The Kier molecular flexibility index (Phi) is 6.13. The second-order valence-electron chi connectivity index (χ2n) is 7.84. The van der Waals surface area contributed by atoms with Gasteiger partial charge in [-0.25, -0.2) is 0 Å². The van der Waals surface area contributed by atoms with Crippen LogP contribution in [0, 0.1) is 0 Å². The number of benzene rings is 2. The lowest BCUT2D eigenvalue weighted by atomic mass is 9.95. The number of aliphatic hydroxyl groups is 1. The lowest BCUT2D eigenvalue weighted by molar-refractivity contribution is -0.132. The van der Waals surface area contributed by atoms with Crippen molar-refractivity contribution in [3.05, 3.63) is 89.8 Å². The van der Waals surface area contributed by atoms with E-state index in [4.69, 9.17) is 9.47 Å². The maximum Gasteiger partial charge on any atom is 0.300 e. The summed E-state index contributed by atoms with van der Waals surface area (Å²) < 4.78 is 11.0. The number of nitrogens with zero attached hydrogens (tertiary/aromatic N) is 2. The van der Waals surface area contributed by atoms with E-state index >= 15 is 0 Å². The summed E-state index contributed by atoms with van der Waals surface area (Å²) >= 11 is 0. The van der Waals surface area contributed by atoms with Gasteiger partial charge in [0.25, 0.3) is 11.7 Å². The van der Waals surface area contributed by atoms with Crippen LogP contribution in [0.4, 0.5) is 5.69 Å². The predicted molar refractivity (Wildman–Crippen MR) is 124 cm³/mol. The van der Waals surface area contributed by atoms with Crippen molar-refractivity contribution in [3.63, 3.8) is 0 Å². The van der Waals surface area contributed by atoms with E-state index in [2.05, 4.69) is 4.98 Å². The van der Waals surface area contributed by atoms with E-state index in [1.807, 2.05) is 13.8 Å². The molecule has 2 aromatic carbocycles. The first-order valence-corrected chi connectivity index (χ1v) is 10.5. The van der Waals surface area contributed by atoms with Crippen LogP contribution in [-0.2, 0) is 9.59 Å². The molecule has 1 unspecified atom stereocenters. The molecule has 1 N–H and O–H groups in total. The zero-order valence-electron chi connectivity index (χ0n) is 18.6. The van der Waals surface area contributed by atoms with E-state index in [0.29, 0.717) is 28.3 Å². The minimum absolute atomic E-state index is 0.00181. The van der Waals surface area contributed by atoms with Crippen molar-refractivity contribution in [2.24, 2.45) is 0 Å². The second kappa shape index (κ2) is 9.16. The Morgan fingerprint density at radius 1 is 1.00 bits per heavy atom. The van der Waals surface area contributed by atoms with Gasteiger partial charge in [0.1, 0.15) is 17.3 Å². The Hall–Kier alpha value is -4.13. The Morgan fingerprint density at radius 3 is 2.33 bits per heavy atom. The number of ketones is 1. The average Bonchev–Trinajstić information content (AvgIpc) is 3.10. The number of carbonyl (C=O) groups excluding carboxylic acids is 2. The molecule has 0 bridgehead atoms. The molecule has 1 fully saturated rings.